The molecule has 0 unspecified atom stereocenters. The first-order valence-electron chi connectivity index (χ1n) is 8.37. The molecule has 0 aliphatic carbocycles. The normalized spacial score (nSPS) is 16.7. The van der Waals surface area contributed by atoms with Crippen molar-refractivity contribution < 1.29 is 0 Å². The van der Waals surface area contributed by atoms with Gasteiger partial charge in [0.05, 0.1) is 22.9 Å². The summed E-state index contributed by atoms with van der Waals surface area (Å²) >= 11 is 0. The van der Waals surface area contributed by atoms with Crippen molar-refractivity contribution in [2.45, 2.75) is 25.8 Å². The number of nitrogens with zero attached hydrogens (tertiary/aromatic N) is 3. The summed E-state index contributed by atoms with van der Waals surface area (Å²) in [4.78, 5) is 11.8. The standard InChI is InChI=1S/C20H21N3/c1-15(23-12-4-5-13-23)16-8-10-17(11-9-16)20-14-21-18-6-2-3-7-19(18)22-20/h2-3,6-11,14-15H,4-5,12-13H2,1H3/t15-/m1/s1. The van der Waals surface area contributed by atoms with Gasteiger partial charge in [0.25, 0.3) is 0 Å². The van der Waals surface area contributed by atoms with Gasteiger partial charge in [0.1, 0.15) is 0 Å². The van der Waals surface area contributed by atoms with Gasteiger partial charge in [-0.05, 0) is 50.6 Å². The van der Waals surface area contributed by atoms with Gasteiger partial charge in [0.15, 0.2) is 0 Å². The van der Waals surface area contributed by atoms with E-state index in [0.29, 0.717) is 6.04 Å². The third kappa shape index (κ3) is 2.84. The molecule has 116 valence electrons. The maximum atomic E-state index is 4.72. The van der Waals surface area contributed by atoms with Gasteiger partial charge in [0, 0.05) is 11.6 Å². The maximum Gasteiger partial charge on any atom is 0.0894 e. The predicted octanol–water partition coefficient (Wildman–Crippen LogP) is 4.45. The Balaban J connectivity index is 1.61. The van der Waals surface area contributed by atoms with E-state index in [-0.39, 0.29) is 0 Å². The van der Waals surface area contributed by atoms with Crippen LogP contribution in [0.15, 0.2) is 54.7 Å². The van der Waals surface area contributed by atoms with E-state index in [1.807, 2.05) is 30.5 Å². The van der Waals surface area contributed by atoms with Crippen LogP contribution in [0.2, 0.25) is 0 Å². The molecule has 1 saturated heterocycles. The first-order chi connectivity index (χ1) is 11.3. The summed E-state index contributed by atoms with van der Waals surface area (Å²) in [7, 11) is 0. The molecule has 1 aromatic heterocycles. The Morgan fingerprint density at radius 2 is 1.61 bits per heavy atom. The summed E-state index contributed by atoms with van der Waals surface area (Å²) in [5.74, 6) is 0. The molecule has 0 radical (unpaired) electrons. The molecule has 2 heterocycles. The molecule has 0 amide bonds. The molecular formula is C20H21N3. The number of hydrogen-bond donors (Lipinski definition) is 0. The van der Waals surface area contributed by atoms with Gasteiger partial charge in [-0.25, -0.2) is 4.98 Å². The SMILES string of the molecule is C[C@H](c1ccc(-c2cnc3ccccc3n2)cc1)N1CCCC1. The Labute approximate surface area is 137 Å². The second-order valence-electron chi connectivity index (χ2n) is 6.29. The van der Waals surface area contributed by atoms with Crippen LogP contribution < -0.4 is 0 Å². The Morgan fingerprint density at radius 3 is 2.35 bits per heavy atom. The van der Waals surface area contributed by atoms with Gasteiger partial charge >= 0.3 is 0 Å². The highest BCUT2D eigenvalue weighted by Crippen LogP contribution is 2.27. The van der Waals surface area contributed by atoms with E-state index >= 15 is 0 Å². The van der Waals surface area contributed by atoms with Gasteiger partial charge in [-0.1, -0.05) is 36.4 Å². The largest absolute Gasteiger partial charge is 0.297 e. The monoisotopic (exact) mass is 303 g/mol. The highest BCUT2D eigenvalue weighted by Gasteiger charge is 2.19. The van der Waals surface area contributed by atoms with Crippen LogP contribution in [0.25, 0.3) is 22.3 Å². The number of likely N-dealkylation sites (tertiary alicyclic amines) is 1. The maximum absolute atomic E-state index is 4.72. The number of rotatable bonds is 3. The first kappa shape index (κ1) is 14.3. The fourth-order valence-corrected chi connectivity index (χ4v) is 3.37. The zero-order valence-electron chi connectivity index (χ0n) is 13.4. The smallest absolute Gasteiger partial charge is 0.0894 e. The molecule has 0 spiro atoms. The first-order valence-corrected chi connectivity index (χ1v) is 8.37. The van der Waals surface area contributed by atoms with Crippen molar-refractivity contribution in [2.75, 3.05) is 13.1 Å². The molecule has 3 heteroatoms. The van der Waals surface area contributed by atoms with Crippen molar-refractivity contribution in [3.63, 3.8) is 0 Å². The van der Waals surface area contributed by atoms with E-state index in [2.05, 4.69) is 41.1 Å². The number of para-hydroxylation sites is 2. The van der Waals surface area contributed by atoms with Crippen molar-refractivity contribution in [1.29, 1.82) is 0 Å². The summed E-state index contributed by atoms with van der Waals surface area (Å²) < 4.78 is 0. The Bertz CT molecular complexity index is 804. The van der Waals surface area contributed by atoms with Crippen LogP contribution in [-0.4, -0.2) is 28.0 Å². The molecule has 1 aliphatic heterocycles. The van der Waals surface area contributed by atoms with Gasteiger partial charge < -0.3 is 0 Å². The third-order valence-electron chi connectivity index (χ3n) is 4.83. The minimum atomic E-state index is 0.495. The van der Waals surface area contributed by atoms with Crippen molar-refractivity contribution in [3.05, 3.63) is 60.3 Å². The summed E-state index contributed by atoms with van der Waals surface area (Å²) in [5.41, 5.74) is 5.32. The molecule has 1 fully saturated rings. The minimum absolute atomic E-state index is 0.495. The van der Waals surface area contributed by atoms with Crippen LogP contribution in [0.5, 0.6) is 0 Å². The van der Waals surface area contributed by atoms with E-state index in [0.717, 1.165) is 22.3 Å². The highest BCUT2D eigenvalue weighted by molar-refractivity contribution is 5.76. The predicted molar refractivity (Wildman–Crippen MR) is 94.2 cm³/mol. The van der Waals surface area contributed by atoms with E-state index in [4.69, 9.17) is 4.98 Å². The summed E-state index contributed by atoms with van der Waals surface area (Å²) in [6.07, 6.45) is 4.52. The van der Waals surface area contributed by atoms with E-state index in [1.54, 1.807) is 0 Å². The van der Waals surface area contributed by atoms with Gasteiger partial charge in [-0.2, -0.15) is 0 Å². The molecule has 0 bridgehead atoms. The fourth-order valence-electron chi connectivity index (χ4n) is 3.37. The van der Waals surface area contributed by atoms with Crippen LogP contribution in [-0.2, 0) is 0 Å². The average molecular weight is 303 g/mol. The summed E-state index contributed by atoms with van der Waals surface area (Å²) in [5, 5.41) is 0. The minimum Gasteiger partial charge on any atom is -0.297 e. The number of hydrogen-bond acceptors (Lipinski definition) is 3. The van der Waals surface area contributed by atoms with Crippen LogP contribution in [0, 0.1) is 0 Å². The lowest BCUT2D eigenvalue weighted by Crippen LogP contribution is -2.23. The van der Waals surface area contributed by atoms with E-state index in [9.17, 15) is 0 Å². The van der Waals surface area contributed by atoms with Crippen LogP contribution >= 0.6 is 0 Å². The van der Waals surface area contributed by atoms with Crippen LogP contribution in [0.4, 0.5) is 0 Å². The molecule has 3 aromatic rings. The van der Waals surface area contributed by atoms with Gasteiger partial charge in [-0.3, -0.25) is 9.88 Å². The summed E-state index contributed by atoms with van der Waals surface area (Å²) in [6, 6.07) is 17.3. The van der Waals surface area contributed by atoms with Crippen molar-refractivity contribution >= 4 is 11.0 Å². The second-order valence-corrected chi connectivity index (χ2v) is 6.29. The lowest BCUT2D eigenvalue weighted by atomic mass is 10.0. The Kier molecular flexibility index (Phi) is 3.80. The second kappa shape index (κ2) is 6.09. The number of aromatic nitrogens is 2. The van der Waals surface area contributed by atoms with Gasteiger partial charge in [-0.15, -0.1) is 0 Å². The molecule has 0 N–H and O–H groups in total. The number of benzene rings is 2. The lowest BCUT2D eigenvalue weighted by Gasteiger charge is -2.24. The average Bonchev–Trinajstić information content (AvgIpc) is 3.15. The number of fused-ring (bicyclic) bond motifs is 1. The topological polar surface area (TPSA) is 29.0 Å². The molecule has 4 rings (SSSR count). The Morgan fingerprint density at radius 1 is 0.913 bits per heavy atom. The lowest BCUT2D eigenvalue weighted by molar-refractivity contribution is 0.263. The third-order valence-corrected chi connectivity index (χ3v) is 4.83. The zero-order chi connectivity index (χ0) is 15.6. The van der Waals surface area contributed by atoms with Crippen molar-refractivity contribution in [1.82, 2.24) is 14.9 Å². The zero-order valence-corrected chi connectivity index (χ0v) is 13.4. The molecule has 0 saturated carbocycles. The van der Waals surface area contributed by atoms with Crippen LogP contribution in [0.1, 0.15) is 31.4 Å². The summed E-state index contributed by atoms with van der Waals surface area (Å²) in [6.45, 7) is 4.74. The van der Waals surface area contributed by atoms with Crippen molar-refractivity contribution in [2.24, 2.45) is 0 Å². The molecule has 2 aromatic carbocycles. The fraction of sp³-hybridized carbons (Fsp3) is 0.300. The quantitative estimate of drug-likeness (QED) is 0.715. The van der Waals surface area contributed by atoms with Crippen molar-refractivity contribution in [3.8, 4) is 11.3 Å². The molecular weight excluding hydrogens is 282 g/mol. The molecule has 23 heavy (non-hydrogen) atoms. The Hall–Kier alpha value is -2.26. The molecule has 3 nitrogen and oxygen atoms in total. The van der Waals surface area contributed by atoms with Crippen LogP contribution in [0.3, 0.4) is 0 Å². The van der Waals surface area contributed by atoms with Gasteiger partial charge in [0.2, 0.25) is 0 Å². The molecule has 1 aliphatic rings. The highest BCUT2D eigenvalue weighted by atomic mass is 15.2. The van der Waals surface area contributed by atoms with E-state index in [1.165, 1.54) is 31.5 Å². The molecule has 1 atom stereocenters. The van der Waals surface area contributed by atoms with E-state index < -0.39 is 0 Å².